The van der Waals surface area contributed by atoms with Crippen LogP contribution < -0.4 is 4.90 Å². The third-order valence-electron chi connectivity index (χ3n) is 4.71. The summed E-state index contributed by atoms with van der Waals surface area (Å²) in [6, 6.07) is 6.91. The Kier molecular flexibility index (Phi) is 5.66. The van der Waals surface area contributed by atoms with Gasteiger partial charge in [-0.15, -0.1) is 0 Å². The maximum atomic E-state index is 12.6. The van der Waals surface area contributed by atoms with Gasteiger partial charge in [0.1, 0.15) is 5.75 Å². The monoisotopic (exact) mass is 289 g/mol. The molecule has 0 aromatic heterocycles. The van der Waals surface area contributed by atoms with E-state index in [0.29, 0.717) is 0 Å². The molecule has 21 heavy (non-hydrogen) atoms. The number of aromatic hydroxyl groups is 1. The Morgan fingerprint density at radius 3 is 2.62 bits per heavy atom. The average Bonchev–Trinajstić information content (AvgIpc) is 2.52. The van der Waals surface area contributed by atoms with Crippen molar-refractivity contribution in [3.05, 3.63) is 24.3 Å². The Bertz CT molecular complexity index is 464. The molecular weight excluding hydrogens is 262 g/mol. The molecule has 1 saturated carbocycles. The van der Waals surface area contributed by atoms with Crippen LogP contribution in [0.25, 0.3) is 0 Å². The summed E-state index contributed by atoms with van der Waals surface area (Å²) in [6.07, 6.45) is 8.28. The van der Waals surface area contributed by atoms with Gasteiger partial charge in [-0.25, -0.2) is 0 Å². The summed E-state index contributed by atoms with van der Waals surface area (Å²) in [7, 11) is 1.81. The van der Waals surface area contributed by atoms with Crippen LogP contribution in [-0.2, 0) is 4.79 Å². The molecule has 1 fully saturated rings. The summed E-state index contributed by atoms with van der Waals surface area (Å²) in [5, 5.41) is 9.53. The van der Waals surface area contributed by atoms with Crippen molar-refractivity contribution in [1.82, 2.24) is 0 Å². The number of anilines is 1. The van der Waals surface area contributed by atoms with Crippen molar-refractivity contribution in [2.45, 2.75) is 51.9 Å². The van der Waals surface area contributed by atoms with Gasteiger partial charge >= 0.3 is 0 Å². The van der Waals surface area contributed by atoms with Gasteiger partial charge in [0, 0.05) is 24.7 Å². The van der Waals surface area contributed by atoms with Gasteiger partial charge in [0.2, 0.25) is 5.91 Å². The standard InChI is InChI=1S/C18H27NO2/c1-3-4-6-14-9-11-15(12-10-14)18(21)19(2)16-7-5-8-17(20)13-16/h5,7-8,13-15,20H,3-4,6,9-12H2,1-2H3. The van der Waals surface area contributed by atoms with Crippen molar-refractivity contribution >= 4 is 11.6 Å². The molecule has 3 nitrogen and oxygen atoms in total. The van der Waals surface area contributed by atoms with Crippen LogP contribution in [0, 0.1) is 11.8 Å². The van der Waals surface area contributed by atoms with E-state index in [0.717, 1.165) is 24.4 Å². The zero-order valence-corrected chi connectivity index (χ0v) is 13.2. The van der Waals surface area contributed by atoms with Gasteiger partial charge < -0.3 is 10.0 Å². The summed E-state index contributed by atoms with van der Waals surface area (Å²) in [4.78, 5) is 14.3. The number of phenols is 1. The molecule has 3 heteroatoms. The molecule has 0 bridgehead atoms. The van der Waals surface area contributed by atoms with Gasteiger partial charge in [-0.05, 0) is 43.7 Å². The zero-order valence-electron chi connectivity index (χ0n) is 13.2. The van der Waals surface area contributed by atoms with Crippen LogP contribution in [0.1, 0.15) is 51.9 Å². The van der Waals surface area contributed by atoms with Crippen LogP contribution in [-0.4, -0.2) is 18.1 Å². The second-order valence-electron chi connectivity index (χ2n) is 6.28. The van der Waals surface area contributed by atoms with Crippen LogP contribution in [0.15, 0.2) is 24.3 Å². The van der Waals surface area contributed by atoms with E-state index in [1.165, 1.54) is 32.1 Å². The zero-order chi connectivity index (χ0) is 15.2. The highest BCUT2D eigenvalue weighted by Crippen LogP contribution is 2.33. The van der Waals surface area contributed by atoms with E-state index in [1.807, 2.05) is 6.07 Å². The molecule has 1 aromatic carbocycles. The Morgan fingerprint density at radius 1 is 1.29 bits per heavy atom. The Labute approximate surface area is 128 Å². The van der Waals surface area contributed by atoms with E-state index in [-0.39, 0.29) is 17.6 Å². The lowest BCUT2D eigenvalue weighted by Crippen LogP contribution is -2.35. The van der Waals surface area contributed by atoms with Gasteiger partial charge in [0.25, 0.3) is 0 Å². The Hall–Kier alpha value is -1.51. The van der Waals surface area contributed by atoms with Crippen LogP contribution in [0.5, 0.6) is 5.75 Å². The van der Waals surface area contributed by atoms with Crippen LogP contribution in [0.3, 0.4) is 0 Å². The van der Waals surface area contributed by atoms with Gasteiger partial charge in [0.05, 0.1) is 0 Å². The van der Waals surface area contributed by atoms with Crippen molar-refractivity contribution < 1.29 is 9.90 Å². The van der Waals surface area contributed by atoms with Crippen molar-refractivity contribution in [3.8, 4) is 5.75 Å². The molecule has 2 rings (SSSR count). The lowest BCUT2D eigenvalue weighted by molar-refractivity contribution is -0.123. The second kappa shape index (κ2) is 7.48. The van der Waals surface area contributed by atoms with E-state index >= 15 is 0 Å². The van der Waals surface area contributed by atoms with Crippen LogP contribution in [0.2, 0.25) is 0 Å². The number of benzene rings is 1. The summed E-state index contributed by atoms with van der Waals surface area (Å²) >= 11 is 0. The maximum Gasteiger partial charge on any atom is 0.229 e. The number of amides is 1. The first-order valence-corrected chi connectivity index (χ1v) is 8.18. The molecular formula is C18H27NO2. The van der Waals surface area contributed by atoms with Crippen LogP contribution in [0.4, 0.5) is 5.69 Å². The van der Waals surface area contributed by atoms with E-state index < -0.39 is 0 Å². The topological polar surface area (TPSA) is 40.5 Å². The highest BCUT2D eigenvalue weighted by molar-refractivity contribution is 5.94. The van der Waals surface area contributed by atoms with Crippen LogP contribution >= 0.6 is 0 Å². The lowest BCUT2D eigenvalue weighted by atomic mass is 9.79. The van der Waals surface area contributed by atoms with Gasteiger partial charge in [0.15, 0.2) is 0 Å². The molecule has 0 heterocycles. The molecule has 0 saturated heterocycles. The number of carbonyl (C=O) groups excluding carboxylic acids is 1. The first-order chi connectivity index (χ1) is 10.1. The molecule has 116 valence electrons. The Morgan fingerprint density at radius 2 is 2.00 bits per heavy atom. The minimum Gasteiger partial charge on any atom is -0.508 e. The van der Waals surface area contributed by atoms with Gasteiger partial charge in [-0.2, -0.15) is 0 Å². The number of rotatable bonds is 5. The number of phenolic OH excluding ortho intramolecular Hbond substituents is 1. The Balaban J connectivity index is 1.89. The second-order valence-corrected chi connectivity index (χ2v) is 6.28. The van der Waals surface area contributed by atoms with E-state index in [9.17, 15) is 9.90 Å². The molecule has 1 aliphatic rings. The first-order valence-electron chi connectivity index (χ1n) is 8.18. The predicted molar refractivity (Wildman–Crippen MR) is 86.5 cm³/mol. The third-order valence-corrected chi connectivity index (χ3v) is 4.71. The van der Waals surface area contributed by atoms with Crippen molar-refractivity contribution in [2.24, 2.45) is 11.8 Å². The summed E-state index contributed by atoms with van der Waals surface area (Å²) < 4.78 is 0. The summed E-state index contributed by atoms with van der Waals surface area (Å²) in [5.41, 5.74) is 0.771. The molecule has 1 N–H and O–H groups in total. The average molecular weight is 289 g/mol. The molecule has 1 amide bonds. The number of nitrogens with zero attached hydrogens (tertiary/aromatic N) is 1. The third kappa shape index (κ3) is 4.23. The fourth-order valence-electron chi connectivity index (χ4n) is 3.29. The number of hydrogen-bond donors (Lipinski definition) is 1. The minimum absolute atomic E-state index is 0.148. The maximum absolute atomic E-state index is 12.6. The van der Waals surface area contributed by atoms with Gasteiger partial charge in [-0.3, -0.25) is 4.79 Å². The fraction of sp³-hybridized carbons (Fsp3) is 0.611. The van der Waals surface area contributed by atoms with E-state index in [1.54, 1.807) is 30.1 Å². The molecule has 1 aliphatic carbocycles. The smallest absolute Gasteiger partial charge is 0.229 e. The predicted octanol–water partition coefficient (Wildman–Crippen LogP) is 4.35. The van der Waals surface area contributed by atoms with E-state index in [2.05, 4.69) is 6.92 Å². The molecule has 0 spiro atoms. The lowest BCUT2D eigenvalue weighted by Gasteiger charge is -2.30. The molecule has 0 unspecified atom stereocenters. The minimum atomic E-state index is 0.148. The highest BCUT2D eigenvalue weighted by Gasteiger charge is 2.28. The number of carbonyl (C=O) groups is 1. The molecule has 1 aromatic rings. The molecule has 0 radical (unpaired) electrons. The highest BCUT2D eigenvalue weighted by atomic mass is 16.3. The number of unbranched alkanes of at least 4 members (excludes halogenated alkanes) is 1. The largest absolute Gasteiger partial charge is 0.508 e. The van der Waals surface area contributed by atoms with Crippen molar-refractivity contribution in [3.63, 3.8) is 0 Å². The molecule has 0 atom stereocenters. The molecule has 0 aliphatic heterocycles. The first kappa shape index (κ1) is 15.9. The summed E-state index contributed by atoms with van der Waals surface area (Å²) in [5.74, 6) is 1.36. The quantitative estimate of drug-likeness (QED) is 0.875. The van der Waals surface area contributed by atoms with Crippen molar-refractivity contribution in [1.29, 1.82) is 0 Å². The van der Waals surface area contributed by atoms with Gasteiger partial charge in [-0.1, -0.05) is 32.3 Å². The normalized spacial score (nSPS) is 22.0. The van der Waals surface area contributed by atoms with E-state index in [4.69, 9.17) is 0 Å². The SMILES string of the molecule is CCCCC1CCC(C(=O)N(C)c2cccc(O)c2)CC1. The number of hydrogen-bond acceptors (Lipinski definition) is 2. The summed E-state index contributed by atoms with van der Waals surface area (Å²) in [6.45, 7) is 2.24. The van der Waals surface area contributed by atoms with Crippen molar-refractivity contribution in [2.75, 3.05) is 11.9 Å². The fourth-order valence-corrected chi connectivity index (χ4v) is 3.29.